The predicted octanol–water partition coefficient (Wildman–Crippen LogP) is 2.18. The van der Waals surface area contributed by atoms with Gasteiger partial charge >= 0.3 is 6.18 Å². The van der Waals surface area contributed by atoms with Crippen LogP contribution in [0, 0.1) is 0 Å². The third-order valence-corrected chi connectivity index (χ3v) is 4.26. The molecule has 3 heterocycles. The van der Waals surface area contributed by atoms with Gasteiger partial charge in [-0.15, -0.1) is 10.2 Å². The molecule has 0 bridgehead atoms. The van der Waals surface area contributed by atoms with Gasteiger partial charge in [-0.25, -0.2) is 0 Å². The van der Waals surface area contributed by atoms with Crippen LogP contribution in [-0.2, 0) is 6.18 Å². The Labute approximate surface area is 127 Å². The van der Waals surface area contributed by atoms with Gasteiger partial charge in [0.15, 0.2) is 17.3 Å². The molecule has 2 aliphatic rings. The molecule has 122 valence electrons. The van der Waals surface area contributed by atoms with Gasteiger partial charge in [-0.1, -0.05) is 0 Å². The summed E-state index contributed by atoms with van der Waals surface area (Å²) in [5, 5.41) is 7.15. The lowest BCUT2D eigenvalue weighted by molar-refractivity contribution is -0.141. The van der Waals surface area contributed by atoms with E-state index in [1.807, 2.05) is 4.90 Å². The standard InChI is InChI=1S/C14H19F3N4O/c1-9(2)20-4-5-21-10(8-20)3-6-22-11-7-12(14(15,16)17)18-19-13(11)21/h7,9-10H,3-6,8H2,1-2H3/t10-/m0/s1. The quantitative estimate of drug-likeness (QED) is 0.794. The molecule has 1 saturated heterocycles. The molecule has 22 heavy (non-hydrogen) atoms. The summed E-state index contributed by atoms with van der Waals surface area (Å²) in [5.74, 6) is 0.613. The van der Waals surface area contributed by atoms with E-state index in [0.717, 1.165) is 32.1 Å². The maximum atomic E-state index is 12.8. The van der Waals surface area contributed by atoms with Crippen LogP contribution < -0.4 is 9.64 Å². The molecule has 0 N–H and O–H groups in total. The van der Waals surface area contributed by atoms with Crippen LogP contribution in [-0.4, -0.2) is 53.4 Å². The molecule has 1 atom stereocenters. The van der Waals surface area contributed by atoms with Gasteiger partial charge in [-0.3, -0.25) is 4.90 Å². The first-order valence-electron chi connectivity index (χ1n) is 7.44. The van der Waals surface area contributed by atoms with Gasteiger partial charge in [-0.05, 0) is 13.8 Å². The predicted molar refractivity (Wildman–Crippen MR) is 75.0 cm³/mol. The van der Waals surface area contributed by atoms with Crippen molar-refractivity contribution < 1.29 is 17.9 Å². The smallest absolute Gasteiger partial charge is 0.435 e. The highest BCUT2D eigenvalue weighted by atomic mass is 19.4. The van der Waals surface area contributed by atoms with Gasteiger partial charge in [0.05, 0.1) is 6.61 Å². The minimum atomic E-state index is -4.51. The number of rotatable bonds is 1. The highest BCUT2D eigenvalue weighted by molar-refractivity contribution is 5.54. The minimum absolute atomic E-state index is 0.183. The SMILES string of the molecule is CC(C)N1CCN2c3nnc(C(F)(F)F)cc3OCC[C@H]2C1. The maximum Gasteiger partial charge on any atom is 0.435 e. The molecule has 5 nitrogen and oxygen atoms in total. The van der Waals surface area contributed by atoms with E-state index in [1.165, 1.54) is 0 Å². The zero-order valence-electron chi connectivity index (χ0n) is 12.6. The van der Waals surface area contributed by atoms with E-state index in [2.05, 4.69) is 28.9 Å². The lowest BCUT2D eigenvalue weighted by Crippen LogP contribution is -2.55. The van der Waals surface area contributed by atoms with Crippen LogP contribution in [0.25, 0.3) is 0 Å². The Bertz CT molecular complexity index is 549. The Balaban J connectivity index is 1.89. The molecule has 0 aliphatic carbocycles. The first-order chi connectivity index (χ1) is 10.4. The Morgan fingerprint density at radius 1 is 1.27 bits per heavy atom. The lowest BCUT2D eigenvalue weighted by atomic mass is 10.1. The van der Waals surface area contributed by atoms with Crippen LogP contribution in [0.5, 0.6) is 5.75 Å². The van der Waals surface area contributed by atoms with Crippen molar-refractivity contribution in [2.24, 2.45) is 0 Å². The molecule has 0 spiro atoms. The summed E-state index contributed by atoms with van der Waals surface area (Å²) in [4.78, 5) is 4.40. The largest absolute Gasteiger partial charge is 0.489 e. The second-order valence-electron chi connectivity index (χ2n) is 5.99. The van der Waals surface area contributed by atoms with E-state index in [1.54, 1.807) is 0 Å². The average Bonchev–Trinajstić information content (AvgIpc) is 2.64. The zero-order chi connectivity index (χ0) is 15.9. The first-order valence-corrected chi connectivity index (χ1v) is 7.44. The molecule has 0 radical (unpaired) electrons. The average molecular weight is 316 g/mol. The number of anilines is 1. The lowest BCUT2D eigenvalue weighted by Gasteiger charge is -2.42. The van der Waals surface area contributed by atoms with E-state index in [0.29, 0.717) is 18.5 Å². The molecular formula is C14H19F3N4O. The summed E-state index contributed by atoms with van der Waals surface area (Å²) in [6, 6.07) is 1.60. The van der Waals surface area contributed by atoms with Crippen LogP contribution in [0.3, 0.4) is 0 Å². The van der Waals surface area contributed by atoms with E-state index < -0.39 is 11.9 Å². The van der Waals surface area contributed by atoms with Crippen molar-refractivity contribution in [2.75, 3.05) is 31.1 Å². The number of ether oxygens (including phenoxy) is 1. The topological polar surface area (TPSA) is 41.5 Å². The summed E-state index contributed by atoms with van der Waals surface area (Å²) >= 11 is 0. The number of piperazine rings is 1. The van der Waals surface area contributed by atoms with E-state index in [9.17, 15) is 13.2 Å². The molecule has 8 heteroatoms. The van der Waals surface area contributed by atoms with Crippen LogP contribution in [0.1, 0.15) is 26.0 Å². The molecule has 1 aromatic heterocycles. The van der Waals surface area contributed by atoms with Crippen molar-refractivity contribution in [3.05, 3.63) is 11.8 Å². The summed E-state index contributed by atoms with van der Waals surface area (Å²) in [5.41, 5.74) is -1.01. The fraction of sp³-hybridized carbons (Fsp3) is 0.714. The molecular weight excluding hydrogens is 297 g/mol. The Kier molecular flexibility index (Phi) is 3.88. The van der Waals surface area contributed by atoms with E-state index in [4.69, 9.17) is 4.74 Å². The summed E-state index contributed by atoms with van der Waals surface area (Å²) in [6.45, 7) is 7.13. The number of nitrogens with zero attached hydrogens (tertiary/aromatic N) is 4. The molecule has 3 rings (SSSR count). The van der Waals surface area contributed by atoms with Crippen molar-refractivity contribution >= 4 is 5.82 Å². The summed E-state index contributed by atoms with van der Waals surface area (Å²) in [7, 11) is 0. The van der Waals surface area contributed by atoms with Crippen molar-refractivity contribution in [1.82, 2.24) is 15.1 Å². The molecule has 0 unspecified atom stereocenters. The number of hydrogen-bond donors (Lipinski definition) is 0. The minimum Gasteiger partial charge on any atom is -0.489 e. The number of hydrogen-bond acceptors (Lipinski definition) is 5. The highest BCUT2D eigenvalue weighted by Gasteiger charge is 2.37. The zero-order valence-corrected chi connectivity index (χ0v) is 12.6. The third kappa shape index (κ3) is 2.84. The van der Waals surface area contributed by atoms with Gasteiger partial charge in [-0.2, -0.15) is 13.2 Å². The molecule has 0 aromatic carbocycles. The third-order valence-electron chi connectivity index (χ3n) is 4.26. The Morgan fingerprint density at radius 3 is 2.73 bits per heavy atom. The molecule has 2 aliphatic heterocycles. The highest BCUT2D eigenvalue weighted by Crippen LogP contribution is 2.36. The van der Waals surface area contributed by atoms with Crippen molar-refractivity contribution in [3.8, 4) is 5.75 Å². The number of halogens is 3. The van der Waals surface area contributed by atoms with E-state index >= 15 is 0 Å². The van der Waals surface area contributed by atoms with Crippen molar-refractivity contribution in [3.63, 3.8) is 0 Å². The van der Waals surface area contributed by atoms with Gasteiger partial charge in [0.25, 0.3) is 0 Å². The number of aromatic nitrogens is 2. The van der Waals surface area contributed by atoms with Crippen LogP contribution in [0.15, 0.2) is 6.07 Å². The molecule has 0 saturated carbocycles. The fourth-order valence-electron chi connectivity index (χ4n) is 2.99. The summed E-state index contributed by atoms with van der Waals surface area (Å²) in [6.07, 6.45) is -3.74. The van der Waals surface area contributed by atoms with Crippen molar-refractivity contribution in [2.45, 2.75) is 38.5 Å². The van der Waals surface area contributed by atoms with Gasteiger partial charge in [0.1, 0.15) is 0 Å². The van der Waals surface area contributed by atoms with E-state index in [-0.39, 0.29) is 11.8 Å². The number of fused-ring (bicyclic) bond motifs is 3. The number of alkyl halides is 3. The summed E-state index contributed by atoms with van der Waals surface area (Å²) < 4.78 is 43.8. The normalized spacial score (nSPS) is 22.8. The molecule has 0 amide bonds. The first kappa shape index (κ1) is 15.3. The monoisotopic (exact) mass is 316 g/mol. The Morgan fingerprint density at radius 2 is 2.05 bits per heavy atom. The fourth-order valence-corrected chi connectivity index (χ4v) is 2.99. The second-order valence-corrected chi connectivity index (χ2v) is 5.99. The molecule has 1 aromatic rings. The maximum absolute atomic E-state index is 12.8. The second kappa shape index (κ2) is 5.57. The van der Waals surface area contributed by atoms with Crippen molar-refractivity contribution in [1.29, 1.82) is 0 Å². The molecule has 1 fully saturated rings. The Hall–Kier alpha value is -1.57. The van der Waals surface area contributed by atoms with Crippen LogP contribution in [0.2, 0.25) is 0 Å². The van der Waals surface area contributed by atoms with Crippen LogP contribution >= 0.6 is 0 Å². The van der Waals surface area contributed by atoms with Gasteiger partial charge in [0, 0.05) is 44.2 Å². The van der Waals surface area contributed by atoms with Crippen LogP contribution in [0.4, 0.5) is 19.0 Å². The van der Waals surface area contributed by atoms with Gasteiger partial charge < -0.3 is 9.64 Å². The van der Waals surface area contributed by atoms with Gasteiger partial charge in [0.2, 0.25) is 0 Å².